The van der Waals surface area contributed by atoms with E-state index < -0.39 is 0 Å². The zero-order valence-corrected chi connectivity index (χ0v) is 18.0. The van der Waals surface area contributed by atoms with Crippen LogP contribution in [0.1, 0.15) is 5.56 Å². The Hall–Kier alpha value is -3.91. The van der Waals surface area contributed by atoms with Crippen molar-refractivity contribution in [2.24, 2.45) is 0 Å². The molecule has 0 spiro atoms. The van der Waals surface area contributed by atoms with Crippen LogP contribution in [0.4, 0.5) is 5.69 Å². The van der Waals surface area contributed by atoms with Crippen LogP contribution in [0.5, 0.6) is 0 Å². The van der Waals surface area contributed by atoms with Crippen LogP contribution in [0.2, 0.25) is 0 Å². The highest BCUT2D eigenvalue weighted by molar-refractivity contribution is 7.99. The van der Waals surface area contributed by atoms with Crippen molar-refractivity contribution in [2.45, 2.75) is 12.1 Å². The number of nitrogens with one attached hydrogen (secondary N) is 2. The highest BCUT2D eigenvalue weighted by Crippen LogP contribution is 2.24. The van der Waals surface area contributed by atoms with E-state index in [4.69, 9.17) is 0 Å². The predicted molar refractivity (Wildman–Crippen MR) is 128 cm³/mol. The second-order valence-corrected chi connectivity index (χ2v) is 8.28. The third-order valence-corrected chi connectivity index (χ3v) is 6.04. The molecule has 0 saturated carbocycles. The van der Waals surface area contributed by atoms with Crippen LogP contribution in [0.25, 0.3) is 27.5 Å². The van der Waals surface area contributed by atoms with Crippen molar-refractivity contribution in [3.63, 3.8) is 0 Å². The average molecular weight is 442 g/mol. The minimum absolute atomic E-state index is 0.107. The lowest BCUT2D eigenvalue weighted by Crippen LogP contribution is -2.16. The standard InChI is InChI=1S/C24H19N5O2S/c1-15-7-2-5-12-20(15)29-22-18(13-25-29)23(31)28-24(27-22)32-14-21(30)26-19-11-6-9-16-8-3-4-10-17(16)19/h2-13H,14H2,1H3,(H,26,30)(H,27,28,31). The van der Waals surface area contributed by atoms with Crippen LogP contribution in [-0.4, -0.2) is 31.4 Å². The summed E-state index contributed by atoms with van der Waals surface area (Å²) in [4.78, 5) is 32.5. The number of carbonyl (C=O) groups excluding carboxylic acids is 1. The van der Waals surface area contributed by atoms with E-state index in [0.29, 0.717) is 16.2 Å². The second-order valence-electron chi connectivity index (χ2n) is 7.31. The van der Waals surface area contributed by atoms with Gasteiger partial charge in [0.25, 0.3) is 5.56 Å². The number of rotatable bonds is 5. The molecule has 0 aliphatic heterocycles. The van der Waals surface area contributed by atoms with Gasteiger partial charge in [-0.05, 0) is 30.0 Å². The number of H-pyrrole nitrogens is 1. The number of benzene rings is 3. The van der Waals surface area contributed by atoms with Crippen molar-refractivity contribution >= 4 is 45.2 Å². The zero-order chi connectivity index (χ0) is 22.1. The van der Waals surface area contributed by atoms with Gasteiger partial charge in [0.1, 0.15) is 5.39 Å². The predicted octanol–water partition coefficient (Wildman–Crippen LogP) is 4.30. The Morgan fingerprint density at radius 3 is 2.69 bits per heavy atom. The number of carbonyl (C=O) groups is 1. The first-order valence-corrected chi connectivity index (χ1v) is 11.0. The summed E-state index contributed by atoms with van der Waals surface area (Å²) in [5, 5.41) is 10.1. The molecule has 0 aliphatic rings. The molecular weight excluding hydrogens is 422 g/mol. The van der Waals surface area contributed by atoms with Gasteiger partial charge in [0, 0.05) is 11.1 Å². The van der Waals surface area contributed by atoms with Gasteiger partial charge in [-0.15, -0.1) is 0 Å². The van der Waals surface area contributed by atoms with E-state index in [1.54, 1.807) is 4.68 Å². The Labute approximate surface area is 187 Å². The molecule has 0 atom stereocenters. The normalized spacial score (nSPS) is 11.2. The molecule has 8 heteroatoms. The molecule has 5 rings (SSSR count). The van der Waals surface area contributed by atoms with Crippen molar-refractivity contribution in [1.29, 1.82) is 0 Å². The van der Waals surface area contributed by atoms with Crippen LogP contribution < -0.4 is 10.9 Å². The van der Waals surface area contributed by atoms with Crippen molar-refractivity contribution < 1.29 is 4.79 Å². The van der Waals surface area contributed by atoms with Gasteiger partial charge in [0.15, 0.2) is 10.8 Å². The maximum Gasteiger partial charge on any atom is 0.262 e. The number of anilines is 1. The van der Waals surface area contributed by atoms with Crippen LogP contribution in [0, 0.1) is 6.92 Å². The quantitative estimate of drug-likeness (QED) is 0.313. The van der Waals surface area contributed by atoms with Gasteiger partial charge >= 0.3 is 0 Å². The fourth-order valence-electron chi connectivity index (χ4n) is 3.60. The molecule has 3 aromatic carbocycles. The molecule has 2 N–H and O–H groups in total. The maximum absolute atomic E-state index is 12.6. The fraction of sp³-hybridized carbons (Fsp3) is 0.0833. The van der Waals surface area contributed by atoms with E-state index >= 15 is 0 Å². The fourth-order valence-corrected chi connectivity index (χ4v) is 4.25. The molecule has 2 aromatic heterocycles. The summed E-state index contributed by atoms with van der Waals surface area (Å²) in [6, 6.07) is 21.4. The lowest BCUT2D eigenvalue weighted by atomic mass is 10.1. The van der Waals surface area contributed by atoms with Crippen LogP contribution in [-0.2, 0) is 4.79 Å². The number of para-hydroxylation sites is 1. The summed E-state index contributed by atoms with van der Waals surface area (Å²) in [6.45, 7) is 1.98. The maximum atomic E-state index is 12.6. The van der Waals surface area contributed by atoms with Gasteiger partial charge in [-0.2, -0.15) is 5.10 Å². The van der Waals surface area contributed by atoms with E-state index in [9.17, 15) is 9.59 Å². The number of aryl methyl sites for hydroxylation is 1. The summed E-state index contributed by atoms with van der Waals surface area (Å²) in [7, 11) is 0. The van der Waals surface area contributed by atoms with Crippen molar-refractivity contribution in [2.75, 3.05) is 11.1 Å². The number of nitrogens with zero attached hydrogens (tertiary/aromatic N) is 3. The summed E-state index contributed by atoms with van der Waals surface area (Å²) in [5.74, 6) is -0.0718. The molecule has 7 nitrogen and oxygen atoms in total. The first-order valence-electron chi connectivity index (χ1n) is 10.0. The third-order valence-electron chi connectivity index (χ3n) is 5.16. The Morgan fingerprint density at radius 1 is 1.03 bits per heavy atom. The number of amides is 1. The lowest BCUT2D eigenvalue weighted by Gasteiger charge is -2.09. The van der Waals surface area contributed by atoms with Gasteiger partial charge < -0.3 is 10.3 Å². The Balaban J connectivity index is 1.38. The van der Waals surface area contributed by atoms with E-state index in [1.165, 1.54) is 18.0 Å². The highest BCUT2D eigenvalue weighted by atomic mass is 32.2. The minimum atomic E-state index is -0.285. The van der Waals surface area contributed by atoms with Gasteiger partial charge in [0.2, 0.25) is 5.91 Å². The molecule has 2 heterocycles. The first kappa shape index (κ1) is 20.0. The molecule has 0 fully saturated rings. The number of fused-ring (bicyclic) bond motifs is 2. The molecule has 1 amide bonds. The van der Waals surface area contributed by atoms with E-state index in [2.05, 4.69) is 20.4 Å². The van der Waals surface area contributed by atoms with Crippen LogP contribution in [0.15, 0.2) is 82.9 Å². The number of hydrogen-bond acceptors (Lipinski definition) is 5. The Bertz CT molecular complexity index is 1520. The van der Waals surface area contributed by atoms with Gasteiger partial charge in [0.05, 0.1) is 17.6 Å². The van der Waals surface area contributed by atoms with Gasteiger partial charge in [-0.1, -0.05) is 66.4 Å². The SMILES string of the molecule is Cc1ccccc1-n1ncc2c(=O)[nH]c(SCC(=O)Nc3cccc4ccccc34)nc21. The average Bonchev–Trinajstić information content (AvgIpc) is 3.23. The Kier molecular flexibility index (Phi) is 5.20. The number of hydrogen-bond donors (Lipinski definition) is 2. The summed E-state index contributed by atoms with van der Waals surface area (Å²) >= 11 is 1.17. The second kappa shape index (κ2) is 8.32. The third kappa shape index (κ3) is 3.76. The summed E-state index contributed by atoms with van der Waals surface area (Å²) in [6.07, 6.45) is 1.51. The Morgan fingerprint density at radius 2 is 1.81 bits per heavy atom. The van der Waals surface area contributed by atoms with E-state index in [1.807, 2.05) is 73.7 Å². The number of aromatic nitrogens is 4. The van der Waals surface area contributed by atoms with E-state index in [-0.39, 0.29) is 17.2 Å². The molecule has 32 heavy (non-hydrogen) atoms. The van der Waals surface area contributed by atoms with Crippen molar-refractivity contribution in [3.05, 3.63) is 88.8 Å². The molecule has 5 aromatic rings. The van der Waals surface area contributed by atoms with E-state index in [0.717, 1.165) is 27.7 Å². The topological polar surface area (TPSA) is 92.7 Å². The van der Waals surface area contributed by atoms with Crippen molar-refractivity contribution in [3.8, 4) is 5.69 Å². The smallest absolute Gasteiger partial charge is 0.262 e. The summed E-state index contributed by atoms with van der Waals surface area (Å²) < 4.78 is 1.65. The first-order chi connectivity index (χ1) is 15.6. The van der Waals surface area contributed by atoms with Crippen molar-refractivity contribution in [1.82, 2.24) is 19.7 Å². The van der Waals surface area contributed by atoms with Crippen LogP contribution in [0.3, 0.4) is 0 Å². The zero-order valence-electron chi connectivity index (χ0n) is 17.2. The molecular formula is C24H19N5O2S. The monoisotopic (exact) mass is 441 g/mol. The largest absolute Gasteiger partial charge is 0.325 e. The molecule has 0 bridgehead atoms. The molecule has 0 aliphatic carbocycles. The van der Waals surface area contributed by atoms with Gasteiger partial charge in [-0.3, -0.25) is 9.59 Å². The highest BCUT2D eigenvalue weighted by Gasteiger charge is 2.14. The van der Waals surface area contributed by atoms with Crippen LogP contribution >= 0.6 is 11.8 Å². The summed E-state index contributed by atoms with van der Waals surface area (Å²) in [5.41, 5.74) is 2.79. The van der Waals surface area contributed by atoms with Gasteiger partial charge in [-0.25, -0.2) is 9.67 Å². The molecule has 0 unspecified atom stereocenters. The number of aromatic amines is 1. The molecule has 0 saturated heterocycles. The lowest BCUT2D eigenvalue weighted by molar-refractivity contribution is -0.113. The minimum Gasteiger partial charge on any atom is -0.325 e. The number of thioether (sulfide) groups is 1. The molecule has 0 radical (unpaired) electrons. The molecule has 158 valence electrons.